The van der Waals surface area contributed by atoms with Crippen molar-refractivity contribution in [3.05, 3.63) is 63.7 Å². The Morgan fingerprint density at radius 1 is 1.37 bits per heavy atom. The maximum absolute atomic E-state index is 13.6. The molecule has 1 heterocycles. The monoisotopic (exact) mass is 262 g/mol. The van der Waals surface area contributed by atoms with Gasteiger partial charge in [-0.05, 0) is 25.1 Å². The second kappa shape index (κ2) is 5.43. The molecule has 19 heavy (non-hydrogen) atoms. The predicted octanol–water partition coefficient (Wildman–Crippen LogP) is 3.02. The van der Waals surface area contributed by atoms with E-state index in [0.29, 0.717) is 11.4 Å². The summed E-state index contributed by atoms with van der Waals surface area (Å²) in [6.07, 6.45) is 1.60. The third kappa shape index (κ3) is 2.85. The Balaban J connectivity index is 2.25. The first-order valence-corrected chi connectivity index (χ1v) is 5.56. The SMILES string of the molecule is Cc1ncccc1OCc1c(F)cccc1[N+](=O)[O-]. The average Bonchev–Trinajstić information content (AvgIpc) is 2.38. The summed E-state index contributed by atoms with van der Waals surface area (Å²) in [5, 5.41) is 10.8. The first-order valence-electron chi connectivity index (χ1n) is 5.56. The molecule has 0 spiro atoms. The molecule has 0 saturated heterocycles. The highest BCUT2D eigenvalue weighted by Gasteiger charge is 2.18. The van der Waals surface area contributed by atoms with Gasteiger partial charge >= 0.3 is 0 Å². The molecule has 0 unspecified atom stereocenters. The van der Waals surface area contributed by atoms with Crippen LogP contribution in [-0.4, -0.2) is 9.91 Å². The Morgan fingerprint density at radius 2 is 2.16 bits per heavy atom. The van der Waals surface area contributed by atoms with Crippen LogP contribution in [0, 0.1) is 22.9 Å². The van der Waals surface area contributed by atoms with Crippen LogP contribution < -0.4 is 4.74 Å². The summed E-state index contributed by atoms with van der Waals surface area (Å²) in [6, 6.07) is 7.07. The fourth-order valence-corrected chi connectivity index (χ4v) is 1.63. The normalized spacial score (nSPS) is 10.2. The van der Waals surface area contributed by atoms with Gasteiger partial charge in [-0.25, -0.2) is 4.39 Å². The number of halogens is 1. The number of benzene rings is 1. The first-order chi connectivity index (χ1) is 9.09. The molecule has 0 aliphatic carbocycles. The number of nitro benzene ring substituents is 1. The van der Waals surface area contributed by atoms with Crippen molar-refractivity contribution >= 4 is 5.69 Å². The molecule has 0 aliphatic rings. The molecule has 1 aromatic heterocycles. The summed E-state index contributed by atoms with van der Waals surface area (Å²) in [5.74, 6) is -0.184. The summed E-state index contributed by atoms with van der Waals surface area (Å²) in [5.41, 5.74) is 0.277. The molecule has 0 amide bonds. The molecular weight excluding hydrogens is 251 g/mol. The molecule has 0 radical (unpaired) electrons. The fourth-order valence-electron chi connectivity index (χ4n) is 1.63. The van der Waals surface area contributed by atoms with Gasteiger partial charge in [-0.15, -0.1) is 0 Å². The first kappa shape index (κ1) is 12.9. The lowest BCUT2D eigenvalue weighted by atomic mass is 10.2. The number of hydrogen-bond donors (Lipinski definition) is 0. The van der Waals surface area contributed by atoms with Gasteiger partial charge in [0.05, 0.1) is 10.6 Å². The summed E-state index contributed by atoms with van der Waals surface area (Å²) in [7, 11) is 0. The smallest absolute Gasteiger partial charge is 0.278 e. The van der Waals surface area contributed by atoms with Crippen molar-refractivity contribution in [1.82, 2.24) is 4.98 Å². The van der Waals surface area contributed by atoms with Gasteiger partial charge in [0.2, 0.25) is 0 Å². The topological polar surface area (TPSA) is 65.3 Å². The lowest BCUT2D eigenvalue weighted by Crippen LogP contribution is -2.04. The zero-order valence-corrected chi connectivity index (χ0v) is 10.2. The molecule has 2 aromatic rings. The van der Waals surface area contributed by atoms with Gasteiger partial charge in [0, 0.05) is 12.3 Å². The lowest BCUT2D eigenvalue weighted by Gasteiger charge is -2.09. The minimum Gasteiger partial charge on any atom is -0.487 e. The number of nitrogens with zero attached hydrogens (tertiary/aromatic N) is 2. The van der Waals surface area contributed by atoms with E-state index in [1.54, 1.807) is 25.3 Å². The second-order valence-electron chi connectivity index (χ2n) is 3.87. The van der Waals surface area contributed by atoms with Gasteiger partial charge in [-0.1, -0.05) is 6.07 Å². The van der Waals surface area contributed by atoms with Crippen molar-refractivity contribution in [2.24, 2.45) is 0 Å². The predicted molar refractivity (Wildman–Crippen MR) is 66.4 cm³/mol. The number of hydrogen-bond acceptors (Lipinski definition) is 4. The molecule has 0 bridgehead atoms. The molecule has 5 nitrogen and oxygen atoms in total. The Labute approximate surface area is 108 Å². The Bertz CT molecular complexity index is 617. The van der Waals surface area contributed by atoms with Crippen LogP contribution in [0.5, 0.6) is 5.75 Å². The number of pyridine rings is 1. The van der Waals surface area contributed by atoms with Crippen LogP contribution in [0.1, 0.15) is 11.3 Å². The number of aryl methyl sites for hydroxylation is 1. The van der Waals surface area contributed by atoms with Crippen molar-refractivity contribution in [1.29, 1.82) is 0 Å². The van der Waals surface area contributed by atoms with Crippen molar-refractivity contribution in [3.8, 4) is 5.75 Å². The largest absolute Gasteiger partial charge is 0.487 e. The molecule has 0 fully saturated rings. The maximum atomic E-state index is 13.6. The van der Waals surface area contributed by atoms with Crippen LogP contribution in [0.25, 0.3) is 0 Å². The second-order valence-corrected chi connectivity index (χ2v) is 3.87. The highest BCUT2D eigenvalue weighted by atomic mass is 19.1. The van der Waals surface area contributed by atoms with Crippen molar-refractivity contribution < 1.29 is 14.1 Å². The quantitative estimate of drug-likeness (QED) is 0.627. The number of rotatable bonds is 4. The highest BCUT2D eigenvalue weighted by Crippen LogP contribution is 2.24. The summed E-state index contributed by atoms with van der Waals surface area (Å²) >= 11 is 0. The van der Waals surface area contributed by atoms with Gasteiger partial charge in [-0.3, -0.25) is 15.1 Å². The summed E-state index contributed by atoms with van der Waals surface area (Å²) < 4.78 is 19.0. The standard InChI is InChI=1S/C13H11FN2O3/c1-9-13(6-3-7-15-9)19-8-10-11(14)4-2-5-12(10)16(17)18/h2-7H,8H2,1H3. The third-order valence-electron chi connectivity index (χ3n) is 2.62. The minimum atomic E-state index is -0.657. The molecular formula is C13H11FN2O3. The van der Waals surface area contributed by atoms with Gasteiger partial charge < -0.3 is 4.74 Å². The van der Waals surface area contributed by atoms with E-state index in [1.165, 1.54) is 18.2 Å². The molecule has 0 saturated carbocycles. The summed E-state index contributed by atoms with van der Waals surface area (Å²) in [4.78, 5) is 14.2. The van der Waals surface area contributed by atoms with Crippen molar-refractivity contribution in [2.45, 2.75) is 13.5 Å². The van der Waals surface area contributed by atoms with E-state index in [9.17, 15) is 14.5 Å². The van der Waals surface area contributed by atoms with E-state index in [0.717, 1.165) is 0 Å². The molecule has 98 valence electrons. The molecule has 0 aliphatic heterocycles. The van der Waals surface area contributed by atoms with Crippen LogP contribution in [-0.2, 0) is 6.61 Å². The number of aromatic nitrogens is 1. The summed E-state index contributed by atoms with van der Waals surface area (Å²) in [6.45, 7) is 1.53. The van der Waals surface area contributed by atoms with Crippen LogP contribution in [0.3, 0.4) is 0 Å². The molecule has 1 aromatic carbocycles. The van der Waals surface area contributed by atoms with Gasteiger partial charge in [-0.2, -0.15) is 0 Å². The van der Waals surface area contributed by atoms with E-state index < -0.39 is 10.7 Å². The number of nitro groups is 1. The Kier molecular flexibility index (Phi) is 3.70. The lowest BCUT2D eigenvalue weighted by molar-refractivity contribution is -0.386. The number of ether oxygens (including phenoxy) is 1. The zero-order valence-electron chi connectivity index (χ0n) is 10.2. The van der Waals surface area contributed by atoms with E-state index in [4.69, 9.17) is 4.74 Å². The van der Waals surface area contributed by atoms with E-state index in [2.05, 4.69) is 4.98 Å². The van der Waals surface area contributed by atoms with Crippen LogP contribution in [0.15, 0.2) is 36.5 Å². The van der Waals surface area contributed by atoms with Gasteiger partial charge in [0.25, 0.3) is 5.69 Å². The van der Waals surface area contributed by atoms with Crippen LogP contribution in [0.2, 0.25) is 0 Å². The molecule has 0 atom stereocenters. The average molecular weight is 262 g/mol. The van der Waals surface area contributed by atoms with Crippen molar-refractivity contribution in [3.63, 3.8) is 0 Å². The van der Waals surface area contributed by atoms with Crippen LogP contribution in [0.4, 0.5) is 10.1 Å². The minimum absolute atomic E-state index is 0.0734. The Hall–Kier alpha value is -2.50. The van der Waals surface area contributed by atoms with E-state index >= 15 is 0 Å². The molecule has 2 rings (SSSR count). The van der Waals surface area contributed by atoms with Crippen molar-refractivity contribution in [2.75, 3.05) is 0 Å². The maximum Gasteiger partial charge on any atom is 0.278 e. The Morgan fingerprint density at radius 3 is 2.84 bits per heavy atom. The van der Waals surface area contributed by atoms with Crippen LogP contribution >= 0.6 is 0 Å². The molecule has 6 heteroatoms. The zero-order chi connectivity index (χ0) is 13.8. The molecule has 0 N–H and O–H groups in total. The highest BCUT2D eigenvalue weighted by molar-refractivity contribution is 5.41. The van der Waals surface area contributed by atoms with E-state index in [-0.39, 0.29) is 17.9 Å². The fraction of sp³-hybridized carbons (Fsp3) is 0.154. The van der Waals surface area contributed by atoms with Gasteiger partial charge in [0.1, 0.15) is 23.7 Å². The van der Waals surface area contributed by atoms with Gasteiger partial charge in [0.15, 0.2) is 0 Å². The third-order valence-corrected chi connectivity index (χ3v) is 2.62. The van der Waals surface area contributed by atoms with E-state index in [1.807, 2.05) is 0 Å².